The third-order valence-corrected chi connectivity index (χ3v) is 3.16. The molecule has 1 N–H and O–H groups in total. The molecule has 1 aliphatic heterocycles. The van der Waals surface area contributed by atoms with Crippen molar-refractivity contribution >= 4 is 16.5 Å². The highest BCUT2D eigenvalue weighted by Gasteiger charge is 2.09. The molecule has 94 valence electrons. The SMILES string of the molecule is CS(=O)COc1ccc(N2CCNCC2)cc1. The maximum Gasteiger partial charge on any atom is 0.162 e. The van der Waals surface area contributed by atoms with Gasteiger partial charge < -0.3 is 15.0 Å². The molecular formula is C12H18N2O2S. The van der Waals surface area contributed by atoms with Crippen LogP contribution in [-0.4, -0.2) is 42.6 Å². The van der Waals surface area contributed by atoms with Gasteiger partial charge in [0.25, 0.3) is 0 Å². The third kappa shape index (κ3) is 3.71. The number of benzene rings is 1. The van der Waals surface area contributed by atoms with Gasteiger partial charge in [-0.2, -0.15) is 0 Å². The summed E-state index contributed by atoms with van der Waals surface area (Å²) < 4.78 is 16.3. The summed E-state index contributed by atoms with van der Waals surface area (Å²) in [5.74, 6) is 1.03. The quantitative estimate of drug-likeness (QED) is 0.863. The summed E-state index contributed by atoms with van der Waals surface area (Å²) in [7, 11) is -0.917. The first kappa shape index (κ1) is 12.4. The summed E-state index contributed by atoms with van der Waals surface area (Å²) in [5, 5.41) is 3.33. The van der Waals surface area contributed by atoms with Gasteiger partial charge in [0.1, 0.15) is 5.75 Å². The zero-order chi connectivity index (χ0) is 12.1. The molecule has 1 aromatic carbocycles. The number of nitrogens with zero attached hydrogens (tertiary/aromatic N) is 1. The lowest BCUT2D eigenvalue weighted by Gasteiger charge is -2.29. The van der Waals surface area contributed by atoms with Crippen molar-refractivity contribution in [1.82, 2.24) is 5.32 Å². The Morgan fingerprint density at radius 2 is 1.94 bits per heavy atom. The van der Waals surface area contributed by atoms with Crippen LogP contribution in [0.5, 0.6) is 5.75 Å². The van der Waals surface area contributed by atoms with Gasteiger partial charge in [0, 0.05) is 38.1 Å². The minimum absolute atomic E-state index is 0.257. The summed E-state index contributed by atoms with van der Waals surface area (Å²) >= 11 is 0. The molecule has 5 heteroatoms. The first-order chi connectivity index (χ1) is 8.25. The summed E-state index contributed by atoms with van der Waals surface area (Å²) in [6, 6.07) is 7.98. The standard InChI is InChI=1S/C12H18N2O2S/c1-17(15)10-16-12-4-2-11(3-5-12)14-8-6-13-7-9-14/h2-5,13H,6-10H2,1H3. The van der Waals surface area contributed by atoms with E-state index in [-0.39, 0.29) is 5.94 Å². The first-order valence-corrected chi connectivity index (χ1v) is 7.47. The predicted molar refractivity (Wildman–Crippen MR) is 71.1 cm³/mol. The number of anilines is 1. The molecule has 0 aliphatic carbocycles. The summed E-state index contributed by atoms with van der Waals surface area (Å²) in [6.45, 7) is 4.15. The van der Waals surface area contributed by atoms with Gasteiger partial charge in [0.05, 0.1) is 10.8 Å². The Labute approximate surface area is 104 Å². The van der Waals surface area contributed by atoms with Crippen LogP contribution in [0, 0.1) is 0 Å². The fraction of sp³-hybridized carbons (Fsp3) is 0.500. The van der Waals surface area contributed by atoms with Gasteiger partial charge in [-0.3, -0.25) is 4.21 Å². The molecule has 1 saturated heterocycles. The van der Waals surface area contributed by atoms with Crippen molar-refractivity contribution in [2.24, 2.45) is 0 Å². The number of hydrogen-bond donors (Lipinski definition) is 1. The molecule has 0 radical (unpaired) electrons. The van der Waals surface area contributed by atoms with Crippen molar-refractivity contribution in [2.45, 2.75) is 0 Å². The molecule has 0 saturated carbocycles. The maximum atomic E-state index is 10.9. The van der Waals surface area contributed by atoms with Crippen LogP contribution in [0.15, 0.2) is 24.3 Å². The monoisotopic (exact) mass is 254 g/mol. The average molecular weight is 254 g/mol. The van der Waals surface area contributed by atoms with Crippen molar-refractivity contribution in [1.29, 1.82) is 0 Å². The molecule has 2 rings (SSSR count). The molecule has 0 amide bonds. The maximum absolute atomic E-state index is 10.9. The van der Waals surface area contributed by atoms with Crippen molar-refractivity contribution in [2.75, 3.05) is 43.3 Å². The zero-order valence-corrected chi connectivity index (χ0v) is 10.8. The average Bonchev–Trinajstić information content (AvgIpc) is 2.38. The topological polar surface area (TPSA) is 41.6 Å². The second-order valence-electron chi connectivity index (χ2n) is 4.07. The lowest BCUT2D eigenvalue weighted by Crippen LogP contribution is -2.43. The van der Waals surface area contributed by atoms with E-state index in [9.17, 15) is 4.21 Å². The molecule has 0 aromatic heterocycles. The highest BCUT2D eigenvalue weighted by Crippen LogP contribution is 2.19. The van der Waals surface area contributed by atoms with Crippen LogP contribution in [0.2, 0.25) is 0 Å². The largest absolute Gasteiger partial charge is 0.480 e. The van der Waals surface area contributed by atoms with E-state index in [2.05, 4.69) is 22.3 Å². The van der Waals surface area contributed by atoms with E-state index in [0.29, 0.717) is 0 Å². The van der Waals surface area contributed by atoms with Crippen LogP contribution >= 0.6 is 0 Å². The number of nitrogens with one attached hydrogen (secondary N) is 1. The van der Waals surface area contributed by atoms with Gasteiger partial charge in [0.2, 0.25) is 0 Å². The Morgan fingerprint density at radius 3 is 2.53 bits per heavy atom. The Balaban J connectivity index is 1.94. The van der Waals surface area contributed by atoms with E-state index in [1.54, 1.807) is 6.26 Å². The van der Waals surface area contributed by atoms with Crippen LogP contribution in [0.3, 0.4) is 0 Å². The Bertz CT molecular complexity index is 375. The lowest BCUT2D eigenvalue weighted by atomic mass is 10.2. The van der Waals surface area contributed by atoms with E-state index < -0.39 is 10.8 Å². The van der Waals surface area contributed by atoms with Crippen LogP contribution in [0.1, 0.15) is 0 Å². The molecule has 0 spiro atoms. The minimum Gasteiger partial charge on any atom is -0.480 e. The second kappa shape index (κ2) is 6.02. The summed E-state index contributed by atoms with van der Waals surface area (Å²) in [6.07, 6.45) is 1.63. The highest BCUT2D eigenvalue weighted by atomic mass is 32.2. The molecule has 1 atom stereocenters. The van der Waals surface area contributed by atoms with Crippen molar-refractivity contribution in [3.8, 4) is 5.75 Å². The van der Waals surface area contributed by atoms with E-state index >= 15 is 0 Å². The molecule has 1 fully saturated rings. The third-order valence-electron chi connectivity index (χ3n) is 2.71. The van der Waals surface area contributed by atoms with Crippen LogP contribution in [0.25, 0.3) is 0 Å². The fourth-order valence-corrected chi connectivity index (χ4v) is 2.13. The summed E-state index contributed by atoms with van der Waals surface area (Å²) in [4.78, 5) is 2.35. The van der Waals surface area contributed by atoms with E-state index in [1.165, 1.54) is 5.69 Å². The van der Waals surface area contributed by atoms with E-state index in [0.717, 1.165) is 31.9 Å². The number of hydrogen-bond acceptors (Lipinski definition) is 4. The normalized spacial score (nSPS) is 17.8. The number of ether oxygens (including phenoxy) is 1. The highest BCUT2D eigenvalue weighted by molar-refractivity contribution is 7.84. The summed E-state index contributed by atoms with van der Waals surface area (Å²) in [5.41, 5.74) is 1.22. The Kier molecular flexibility index (Phi) is 4.39. The fourth-order valence-electron chi connectivity index (χ4n) is 1.83. The molecular weight excluding hydrogens is 236 g/mol. The van der Waals surface area contributed by atoms with Crippen LogP contribution in [-0.2, 0) is 10.8 Å². The molecule has 1 heterocycles. The molecule has 1 unspecified atom stereocenters. The molecule has 4 nitrogen and oxygen atoms in total. The smallest absolute Gasteiger partial charge is 0.162 e. The molecule has 17 heavy (non-hydrogen) atoms. The molecule has 1 aromatic rings. The van der Waals surface area contributed by atoms with Crippen molar-refractivity contribution in [3.05, 3.63) is 24.3 Å². The van der Waals surface area contributed by atoms with Gasteiger partial charge in [-0.05, 0) is 24.3 Å². The van der Waals surface area contributed by atoms with Gasteiger partial charge in [-0.15, -0.1) is 0 Å². The predicted octanol–water partition coefficient (Wildman–Crippen LogP) is 0.811. The van der Waals surface area contributed by atoms with Crippen molar-refractivity contribution in [3.63, 3.8) is 0 Å². The molecule has 1 aliphatic rings. The van der Waals surface area contributed by atoms with Crippen LogP contribution < -0.4 is 15.0 Å². The first-order valence-electron chi connectivity index (χ1n) is 5.74. The van der Waals surface area contributed by atoms with Crippen LogP contribution in [0.4, 0.5) is 5.69 Å². The Hall–Kier alpha value is -1.07. The lowest BCUT2D eigenvalue weighted by molar-refractivity contribution is 0.387. The van der Waals surface area contributed by atoms with Gasteiger partial charge in [-0.1, -0.05) is 0 Å². The van der Waals surface area contributed by atoms with Gasteiger partial charge in [-0.25, -0.2) is 0 Å². The zero-order valence-electron chi connectivity index (χ0n) is 10.0. The van der Waals surface area contributed by atoms with Crippen molar-refractivity contribution < 1.29 is 8.95 Å². The Morgan fingerprint density at radius 1 is 1.29 bits per heavy atom. The van der Waals surface area contributed by atoms with Gasteiger partial charge >= 0.3 is 0 Å². The van der Waals surface area contributed by atoms with Gasteiger partial charge in [0.15, 0.2) is 5.94 Å². The second-order valence-corrected chi connectivity index (χ2v) is 5.45. The number of rotatable bonds is 4. The molecule has 0 bridgehead atoms. The van der Waals surface area contributed by atoms with E-state index in [1.807, 2.05) is 12.1 Å². The number of piperazine rings is 1. The minimum atomic E-state index is -0.917. The van der Waals surface area contributed by atoms with E-state index in [4.69, 9.17) is 4.74 Å².